The van der Waals surface area contributed by atoms with Gasteiger partial charge in [-0.25, -0.2) is 8.42 Å². The van der Waals surface area contributed by atoms with Crippen LogP contribution >= 0.6 is 11.6 Å². The number of benzene rings is 3. The first-order chi connectivity index (χ1) is 12.0. The van der Waals surface area contributed by atoms with Gasteiger partial charge in [-0.3, -0.25) is 0 Å². The van der Waals surface area contributed by atoms with Crippen LogP contribution in [0.5, 0.6) is 0 Å². The van der Waals surface area contributed by atoms with E-state index in [-0.39, 0.29) is 4.90 Å². The van der Waals surface area contributed by atoms with Crippen LogP contribution in [0.15, 0.2) is 83.8 Å². The van der Waals surface area contributed by atoms with Crippen molar-refractivity contribution in [1.82, 2.24) is 4.72 Å². The number of halogens is 1. The van der Waals surface area contributed by atoms with Crippen LogP contribution in [-0.4, -0.2) is 8.42 Å². The van der Waals surface area contributed by atoms with E-state index in [9.17, 15) is 8.42 Å². The van der Waals surface area contributed by atoms with Gasteiger partial charge in [0.2, 0.25) is 10.0 Å². The van der Waals surface area contributed by atoms with Crippen LogP contribution in [0.25, 0.3) is 0 Å². The molecule has 5 heteroatoms. The number of hydrogen-bond acceptors (Lipinski definition) is 2. The van der Waals surface area contributed by atoms with E-state index in [0.29, 0.717) is 5.02 Å². The Bertz CT molecular complexity index is 918. The van der Waals surface area contributed by atoms with Crippen molar-refractivity contribution in [2.45, 2.75) is 17.9 Å². The lowest BCUT2D eigenvalue weighted by atomic mass is 10.00. The molecule has 0 aliphatic heterocycles. The molecule has 3 aromatic carbocycles. The van der Waals surface area contributed by atoms with Crippen molar-refractivity contribution in [2.24, 2.45) is 0 Å². The standard InChI is InChI=1S/C20H18ClNO2S/c1-15-14-18(12-13-19(15)21)25(23,24)22-20(16-8-4-2-5-9-16)17-10-6-3-7-11-17/h2-14,20,22H,1H3. The third kappa shape index (κ3) is 4.10. The van der Waals surface area contributed by atoms with Gasteiger partial charge in [-0.1, -0.05) is 72.3 Å². The highest BCUT2D eigenvalue weighted by Crippen LogP contribution is 2.26. The first kappa shape index (κ1) is 17.7. The van der Waals surface area contributed by atoms with E-state index in [0.717, 1.165) is 16.7 Å². The predicted octanol–water partition coefficient (Wildman–Crippen LogP) is 4.72. The van der Waals surface area contributed by atoms with Gasteiger partial charge in [0, 0.05) is 5.02 Å². The van der Waals surface area contributed by atoms with Crippen molar-refractivity contribution in [3.63, 3.8) is 0 Å². The predicted molar refractivity (Wildman–Crippen MR) is 101 cm³/mol. The summed E-state index contributed by atoms with van der Waals surface area (Å²) < 4.78 is 28.6. The largest absolute Gasteiger partial charge is 0.241 e. The van der Waals surface area contributed by atoms with E-state index < -0.39 is 16.1 Å². The summed E-state index contributed by atoms with van der Waals surface area (Å²) in [6.45, 7) is 1.78. The van der Waals surface area contributed by atoms with Crippen molar-refractivity contribution < 1.29 is 8.42 Å². The Hall–Kier alpha value is -2.14. The lowest BCUT2D eigenvalue weighted by Gasteiger charge is -2.20. The molecular formula is C20H18ClNO2S. The van der Waals surface area contributed by atoms with Crippen molar-refractivity contribution >= 4 is 21.6 Å². The molecule has 0 radical (unpaired) electrons. The first-order valence-corrected chi connectivity index (χ1v) is 9.72. The molecule has 0 aromatic heterocycles. The average Bonchev–Trinajstić information content (AvgIpc) is 2.63. The van der Waals surface area contributed by atoms with Gasteiger partial charge < -0.3 is 0 Å². The summed E-state index contributed by atoms with van der Waals surface area (Å²) in [6.07, 6.45) is 0. The first-order valence-electron chi connectivity index (χ1n) is 7.86. The molecule has 0 bridgehead atoms. The van der Waals surface area contributed by atoms with Gasteiger partial charge in [0.1, 0.15) is 0 Å². The summed E-state index contributed by atoms with van der Waals surface area (Å²) in [4.78, 5) is 0.200. The second-order valence-corrected chi connectivity index (χ2v) is 7.91. The smallest absolute Gasteiger partial charge is 0.207 e. The summed E-state index contributed by atoms with van der Waals surface area (Å²) in [5.74, 6) is 0. The number of hydrogen-bond donors (Lipinski definition) is 1. The molecule has 0 aliphatic carbocycles. The Kier molecular flexibility index (Phi) is 5.23. The van der Waals surface area contributed by atoms with E-state index in [4.69, 9.17) is 11.6 Å². The van der Waals surface area contributed by atoms with Gasteiger partial charge in [-0.15, -0.1) is 0 Å². The highest BCUT2D eigenvalue weighted by atomic mass is 35.5. The molecule has 1 N–H and O–H groups in total. The fraction of sp³-hybridized carbons (Fsp3) is 0.100. The Labute approximate surface area is 153 Å². The van der Waals surface area contributed by atoms with E-state index in [2.05, 4.69) is 4.72 Å². The Morgan fingerprint density at radius 1 is 0.840 bits per heavy atom. The Morgan fingerprint density at radius 3 is 1.84 bits per heavy atom. The molecule has 0 heterocycles. The number of sulfonamides is 1. The second kappa shape index (κ2) is 7.40. The molecule has 3 rings (SSSR count). The van der Waals surface area contributed by atoms with Crippen LogP contribution < -0.4 is 4.72 Å². The van der Waals surface area contributed by atoms with Crippen molar-refractivity contribution in [3.05, 3.63) is 101 Å². The van der Waals surface area contributed by atoms with Gasteiger partial charge in [0.15, 0.2) is 0 Å². The van der Waals surface area contributed by atoms with Gasteiger partial charge in [-0.05, 0) is 41.8 Å². The van der Waals surface area contributed by atoms with Crippen molar-refractivity contribution in [3.8, 4) is 0 Å². The zero-order valence-corrected chi connectivity index (χ0v) is 15.3. The molecule has 0 aliphatic rings. The van der Waals surface area contributed by atoms with Crippen LogP contribution in [0.4, 0.5) is 0 Å². The summed E-state index contributed by atoms with van der Waals surface area (Å²) in [5.41, 5.74) is 2.48. The molecule has 3 nitrogen and oxygen atoms in total. The molecule has 0 saturated heterocycles. The third-order valence-corrected chi connectivity index (χ3v) is 5.82. The van der Waals surface area contributed by atoms with Crippen molar-refractivity contribution in [2.75, 3.05) is 0 Å². The zero-order valence-electron chi connectivity index (χ0n) is 13.7. The molecule has 25 heavy (non-hydrogen) atoms. The van der Waals surface area contributed by atoms with Crippen LogP contribution in [0, 0.1) is 6.92 Å². The molecule has 0 atom stereocenters. The number of aryl methyl sites for hydroxylation is 1. The maximum Gasteiger partial charge on any atom is 0.241 e. The van der Waals surface area contributed by atoms with E-state index in [1.165, 1.54) is 6.07 Å². The molecule has 3 aromatic rings. The zero-order chi connectivity index (χ0) is 17.9. The summed E-state index contributed by atoms with van der Waals surface area (Å²) >= 11 is 6.01. The number of nitrogens with one attached hydrogen (secondary N) is 1. The molecule has 0 amide bonds. The summed E-state index contributed by atoms with van der Waals surface area (Å²) in [5, 5.41) is 0.543. The van der Waals surface area contributed by atoms with Crippen LogP contribution in [0.3, 0.4) is 0 Å². The topological polar surface area (TPSA) is 46.2 Å². The molecule has 0 fully saturated rings. The van der Waals surface area contributed by atoms with Crippen LogP contribution in [0.1, 0.15) is 22.7 Å². The van der Waals surface area contributed by atoms with E-state index in [1.807, 2.05) is 60.7 Å². The quantitative estimate of drug-likeness (QED) is 0.705. The Balaban J connectivity index is 2.01. The Morgan fingerprint density at radius 2 is 1.36 bits per heavy atom. The van der Waals surface area contributed by atoms with E-state index in [1.54, 1.807) is 19.1 Å². The monoisotopic (exact) mass is 371 g/mol. The molecule has 0 spiro atoms. The normalized spacial score (nSPS) is 11.6. The maximum absolute atomic E-state index is 12.9. The summed E-state index contributed by atoms with van der Waals surface area (Å²) in [7, 11) is -3.70. The second-order valence-electron chi connectivity index (χ2n) is 5.79. The van der Waals surface area contributed by atoms with Crippen molar-refractivity contribution in [1.29, 1.82) is 0 Å². The number of rotatable bonds is 5. The molecule has 128 valence electrons. The highest BCUT2D eigenvalue weighted by Gasteiger charge is 2.23. The lowest BCUT2D eigenvalue weighted by Crippen LogP contribution is -2.29. The molecule has 0 unspecified atom stereocenters. The van der Waals surface area contributed by atoms with Crippen LogP contribution in [-0.2, 0) is 10.0 Å². The third-order valence-electron chi connectivity index (χ3n) is 3.98. The summed E-state index contributed by atoms with van der Waals surface area (Å²) in [6, 6.07) is 23.3. The maximum atomic E-state index is 12.9. The minimum absolute atomic E-state index is 0.200. The fourth-order valence-electron chi connectivity index (χ4n) is 2.63. The molecular weight excluding hydrogens is 354 g/mol. The minimum Gasteiger partial charge on any atom is -0.207 e. The minimum atomic E-state index is -3.70. The van der Waals surface area contributed by atoms with Gasteiger partial charge >= 0.3 is 0 Å². The molecule has 0 saturated carbocycles. The fourth-order valence-corrected chi connectivity index (χ4v) is 4.04. The lowest BCUT2D eigenvalue weighted by molar-refractivity contribution is 0.572. The average molecular weight is 372 g/mol. The van der Waals surface area contributed by atoms with E-state index >= 15 is 0 Å². The SMILES string of the molecule is Cc1cc(S(=O)(=O)NC(c2ccccc2)c2ccccc2)ccc1Cl. The highest BCUT2D eigenvalue weighted by molar-refractivity contribution is 7.89. The van der Waals surface area contributed by atoms with Crippen LogP contribution in [0.2, 0.25) is 5.02 Å². The van der Waals surface area contributed by atoms with Gasteiger partial charge in [0.05, 0.1) is 10.9 Å². The van der Waals surface area contributed by atoms with Gasteiger partial charge in [0.25, 0.3) is 0 Å². The van der Waals surface area contributed by atoms with Gasteiger partial charge in [-0.2, -0.15) is 4.72 Å².